The van der Waals surface area contributed by atoms with Crippen LogP contribution in [0.3, 0.4) is 0 Å². The first-order valence-electron chi connectivity index (χ1n) is 16.6. The summed E-state index contributed by atoms with van der Waals surface area (Å²) in [5.41, 5.74) is 19.3. The summed E-state index contributed by atoms with van der Waals surface area (Å²) in [6.45, 7) is 4.71. The van der Waals surface area contributed by atoms with Crippen LogP contribution in [0, 0.1) is 0 Å². The molecule has 0 amide bonds. The molecule has 0 unspecified atom stereocenters. The van der Waals surface area contributed by atoms with Crippen LogP contribution in [-0.2, 0) is 11.8 Å². The van der Waals surface area contributed by atoms with Crippen molar-refractivity contribution >= 4 is 17.1 Å². The van der Waals surface area contributed by atoms with Crippen LogP contribution >= 0.6 is 0 Å². The summed E-state index contributed by atoms with van der Waals surface area (Å²) in [5, 5.41) is 0. The van der Waals surface area contributed by atoms with Gasteiger partial charge in [-0.05, 0) is 104 Å². The molecular formula is C46H35N. The molecule has 0 aliphatic heterocycles. The van der Waals surface area contributed by atoms with Gasteiger partial charge in [0.25, 0.3) is 0 Å². The van der Waals surface area contributed by atoms with Crippen molar-refractivity contribution in [2.45, 2.75) is 25.7 Å². The zero-order valence-corrected chi connectivity index (χ0v) is 26.7. The maximum Gasteiger partial charge on any atom is 0.0540 e. The fourth-order valence-electron chi connectivity index (χ4n) is 7.90. The highest BCUT2D eigenvalue weighted by Gasteiger charge is 2.35. The molecule has 2 aliphatic rings. The number of hydrogen-bond donors (Lipinski definition) is 0. The minimum absolute atomic E-state index is 0.0808. The van der Waals surface area contributed by atoms with Gasteiger partial charge >= 0.3 is 0 Å². The number of nitrogens with zero attached hydrogens (tertiary/aromatic N) is 1. The Morgan fingerprint density at radius 3 is 1.85 bits per heavy atom. The van der Waals surface area contributed by atoms with Gasteiger partial charge in [-0.25, -0.2) is 0 Å². The van der Waals surface area contributed by atoms with Gasteiger partial charge in [-0.2, -0.15) is 0 Å². The van der Waals surface area contributed by atoms with Gasteiger partial charge in [0.05, 0.1) is 5.69 Å². The summed E-state index contributed by atoms with van der Waals surface area (Å²) in [7, 11) is 0. The number of fused-ring (bicyclic) bond motifs is 6. The molecule has 0 fully saturated rings. The normalized spacial score (nSPS) is 13.4. The summed E-state index contributed by atoms with van der Waals surface area (Å²) in [6, 6.07) is 60.3. The summed E-state index contributed by atoms with van der Waals surface area (Å²) in [6.07, 6.45) is 1.02. The smallest absolute Gasteiger partial charge is 0.0540 e. The SMILES string of the molecule is CC1(C)c2ccccc2-c2ccc(N(c3ccc(-c4ccc5c(c4)-c4ccccc4C5)cc3)c3ccccc3-c3ccccc3)cc21. The third-order valence-electron chi connectivity index (χ3n) is 10.3. The summed E-state index contributed by atoms with van der Waals surface area (Å²) in [5.74, 6) is 0. The highest BCUT2D eigenvalue weighted by atomic mass is 15.1. The van der Waals surface area contributed by atoms with Crippen molar-refractivity contribution in [1.82, 2.24) is 0 Å². The molecule has 47 heavy (non-hydrogen) atoms. The molecule has 9 rings (SSSR count). The van der Waals surface area contributed by atoms with Crippen molar-refractivity contribution in [1.29, 1.82) is 0 Å². The van der Waals surface area contributed by atoms with Crippen LogP contribution < -0.4 is 4.90 Å². The summed E-state index contributed by atoms with van der Waals surface area (Å²) >= 11 is 0. The Labute approximate surface area is 277 Å². The molecule has 0 N–H and O–H groups in total. The summed E-state index contributed by atoms with van der Waals surface area (Å²) in [4.78, 5) is 2.43. The molecule has 7 aromatic carbocycles. The Hall–Kier alpha value is -5.66. The van der Waals surface area contributed by atoms with Crippen LogP contribution in [0.25, 0.3) is 44.5 Å². The maximum atomic E-state index is 2.43. The predicted octanol–water partition coefficient (Wildman–Crippen LogP) is 12.4. The molecule has 1 nitrogen and oxygen atoms in total. The van der Waals surface area contributed by atoms with Gasteiger partial charge in [0, 0.05) is 22.4 Å². The van der Waals surface area contributed by atoms with Crippen molar-refractivity contribution in [3.63, 3.8) is 0 Å². The van der Waals surface area contributed by atoms with E-state index in [9.17, 15) is 0 Å². The van der Waals surface area contributed by atoms with Gasteiger partial charge in [-0.1, -0.05) is 141 Å². The second kappa shape index (κ2) is 10.7. The summed E-state index contributed by atoms with van der Waals surface area (Å²) < 4.78 is 0. The lowest BCUT2D eigenvalue weighted by Crippen LogP contribution is -2.16. The average Bonchev–Trinajstić information content (AvgIpc) is 3.61. The van der Waals surface area contributed by atoms with Gasteiger partial charge < -0.3 is 4.90 Å². The van der Waals surface area contributed by atoms with Crippen molar-refractivity contribution in [3.8, 4) is 44.5 Å². The van der Waals surface area contributed by atoms with E-state index in [0.717, 1.165) is 23.5 Å². The number of rotatable bonds is 5. The van der Waals surface area contributed by atoms with Crippen molar-refractivity contribution in [2.24, 2.45) is 0 Å². The molecule has 224 valence electrons. The number of benzene rings is 7. The van der Waals surface area contributed by atoms with E-state index in [1.165, 1.54) is 66.8 Å². The van der Waals surface area contributed by atoms with E-state index in [1.54, 1.807) is 0 Å². The fraction of sp³-hybridized carbons (Fsp3) is 0.0870. The number of anilines is 3. The third kappa shape index (κ3) is 4.46. The van der Waals surface area contributed by atoms with Crippen LogP contribution in [0.15, 0.2) is 164 Å². The molecule has 0 bridgehead atoms. The molecule has 0 saturated carbocycles. The lowest BCUT2D eigenvalue weighted by atomic mass is 9.82. The van der Waals surface area contributed by atoms with Crippen molar-refractivity contribution in [3.05, 3.63) is 186 Å². The molecule has 1 heteroatoms. The highest BCUT2D eigenvalue weighted by Crippen LogP contribution is 2.51. The van der Waals surface area contributed by atoms with Crippen LogP contribution in [0.1, 0.15) is 36.1 Å². The van der Waals surface area contributed by atoms with E-state index in [4.69, 9.17) is 0 Å². The molecular weight excluding hydrogens is 567 g/mol. The highest BCUT2D eigenvalue weighted by molar-refractivity contribution is 5.91. The van der Waals surface area contributed by atoms with Gasteiger partial charge in [0.15, 0.2) is 0 Å². The van der Waals surface area contributed by atoms with Crippen molar-refractivity contribution < 1.29 is 0 Å². The Kier molecular flexibility index (Phi) is 6.30. The fourth-order valence-corrected chi connectivity index (χ4v) is 7.90. The van der Waals surface area contributed by atoms with Gasteiger partial charge in [-0.15, -0.1) is 0 Å². The third-order valence-corrected chi connectivity index (χ3v) is 10.3. The van der Waals surface area contributed by atoms with E-state index >= 15 is 0 Å². The molecule has 0 aromatic heterocycles. The van der Waals surface area contributed by atoms with Gasteiger partial charge in [-0.3, -0.25) is 0 Å². The molecule has 0 spiro atoms. The van der Waals surface area contributed by atoms with Crippen molar-refractivity contribution in [2.75, 3.05) is 4.90 Å². The minimum atomic E-state index is -0.0808. The molecule has 0 heterocycles. The molecule has 0 saturated heterocycles. The van der Waals surface area contributed by atoms with Gasteiger partial charge in [0.1, 0.15) is 0 Å². The number of para-hydroxylation sites is 1. The first-order valence-corrected chi connectivity index (χ1v) is 16.6. The van der Waals surface area contributed by atoms with Gasteiger partial charge in [0.2, 0.25) is 0 Å². The zero-order valence-electron chi connectivity index (χ0n) is 26.7. The quantitative estimate of drug-likeness (QED) is 0.190. The molecule has 2 aliphatic carbocycles. The minimum Gasteiger partial charge on any atom is -0.310 e. The lowest BCUT2D eigenvalue weighted by molar-refractivity contribution is 0.660. The van der Waals surface area contributed by atoms with Crippen LogP contribution in [0.4, 0.5) is 17.1 Å². The second-order valence-corrected chi connectivity index (χ2v) is 13.4. The average molecular weight is 602 g/mol. The number of hydrogen-bond acceptors (Lipinski definition) is 1. The Morgan fingerprint density at radius 2 is 1.02 bits per heavy atom. The largest absolute Gasteiger partial charge is 0.310 e. The van der Waals surface area contributed by atoms with E-state index in [1.807, 2.05) is 0 Å². The topological polar surface area (TPSA) is 3.24 Å². The van der Waals surface area contributed by atoms with E-state index < -0.39 is 0 Å². The van der Waals surface area contributed by atoms with E-state index in [2.05, 4.69) is 183 Å². The van der Waals surface area contributed by atoms with E-state index in [0.29, 0.717) is 0 Å². The maximum absolute atomic E-state index is 2.43. The second-order valence-electron chi connectivity index (χ2n) is 13.4. The molecule has 0 atom stereocenters. The molecule has 0 radical (unpaired) electrons. The predicted molar refractivity (Wildman–Crippen MR) is 198 cm³/mol. The van der Waals surface area contributed by atoms with E-state index in [-0.39, 0.29) is 5.41 Å². The standard InChI is InChI=1S/C46H35N/c1-46(2)43-18-10-8-17-40(43)41-27-26-37(30-44(41)46)47(45-19-11-9-16-39(45)32-12-4-3-5-13-32)36-24-22-31(23-25-36)33-20-21-35-28-34-14-6-7-15-38(34)42(35)29-33/h3-27,29-30H,28H2,1-2H3. The molecule has 7 aromatic rings. The Balaban J connectivity index is 1.17. The van der Waals surface area contributed by atoms with Crippen LogP contribution in [0.2, 0.25) is 0 Å². The first-order chi connectivity index (χ1) is 23.1. The monoisotopic (exact) mass is 601 g/mol. The lowest BCUT2D eigenvalue weighted by Gasteiger charge is -2.30. The first kappa shape index (κ1) is 27.6. The Morgan fingerprint density at radius 1 is 0.404 bits per heavy atom. The van der Waals surface area contributed by atoms with Crippen LogP contribution in [0.5, 0.6) is 0 Å². The zero-order chi connectivity index (χ0) is 31.5. The Bertz CT molecular complexity index is 2290. The van der Waals surface area contributed by atoms with Crippen LogP contribution in [-0.4, -0.2) is 0 Å².